The quantitative estimate of drug-likeness (QED) is 0.571. The second kappa shape index (κ2) is 9.14. The number of likely N-dealkylation sites (N-methyl/N-ethyl adjacent to an activating group) is 1. The smallest absolute Gasteiger partial charge is 0.338 e. The number of benzene rings is 1. The number of nitrogens with zero attached hydrogens (tertiary/aromatic N) is 6. The van der Waals surface area contributed by atoms with Crippen molar-refractivity contribution in [3.63, 3.8) is 0 Å². The van der Waals surface area contributed by atoms with Crippen molar-refractivity contribution >= 4 is 5.91 Å². The molecule has 0 aliphatic carbocycles. The first kappa shape index (κ1) is 22.0. The Balaban J connectivity index is 1.59. The van der Waals surface area contributed by atoms with Gasteiger partial charge in [0.25, 0.3) is 0 Å². The average Bonchev–Trinajstić information content (AvgIpc) is 3.38. The molecule has 3 heterocycles. The monoisotopic (exact) mass is 436 g/mol. The van der Waals surface area contributed by atoms with Crippen LogP contribution in [0.25, 0.3) is 0 Å². The predicted molar refractivity (Wildman–Crippen MR) is 122 cm³/mol. The van der Waals surface area contributed by atoms with Crippen LogP contribution in [0.15, 0.2) is 35.4 Å². The minimum absolute atomic E-state index is 0.0292. The molecule has 0 radical (unpaired) electrons. The molecule has 1 atom stereocenters. The Hall–Kier alpha value is -3.16. The summed E-state index contributed by atoms with van der Waals surface area (Å²) in [6.45, 7) is 11.0. The van der Waals surface area contributed by atoms with Gasteiger partial charge in [-0.05, 0) is 51.7 Å². The number of aromatic nitrogens is 5. The Kier molecular flexibility index (Phi) is 6.30. The summed E-state index contributed by atoms with van der Waals surface area (Å²) in [5.74, 6) is 0.235. The number of carbonyl (C=O) groups is 1. The molecule has 1 amide bonds. The van der Waals surface area contributed by atoms with Crippen molar-refractivity contribution in [3.8, 4) is 0 Å². The molecule has 0 saturated heterocycles. The minimum atomic E-state index is -0.391. The second-order valence-electron chi connectivity index (χ2n) is 8.63. The Morgan fingerprint density at radius 1 is 1.25 bits per heavy atom. The topological polar surface area (TPSA) is 78.0 Å². The fraction of sp³-hybridized carbons (Fsp3) is 0.500. The molecule has 8 heteroatoms. The third-order valence-corrected chi connectivity index (χ3v) is 6.34. The SMILES string of the molecule is CCN(Cc1cnn(CC)c1)C(=O)C1CCCn2c1nn(Cc1cc(C)ccc1C)c2=O. The fourth-order valence-electron chi connectivity index (χ4n) is 4.42. The predicted octanol–water partition coefficient (Wildman–Crippen LogP) is 2.85. The van der Waals surface area contributed by atoms with E-state index in [1.807, 2.05) is 49.7 Å². The highest BCUT2D eigenvalue weighted by molar-refractivity contribution is 5.83. The van der Waals surface area contributed by atoms with Crippen LogP contribution >= 0.6 is 0 Å². The first-order valence-corrected chi connectivity index (χ1v) is 11.4. The van der Waals surface area contributed by atoms with Crippen LogP contribution in [0.5, 0.6) is 0 Å². The lowest BCUT2D eigenvalue weighted by molar-refractivity contribution is -0.134. The van der Waals surface area contributed by atoms with Gasteiger partial charge in [0.15, 0.2) is 0 Å². The van der Waals surface area contributed by atoms with Crippen LogP contribution in [0.2, 0.25) is 0 Å². The van der Waals surface area contributed by atoms with Gasteiger partial charge < -0.3 is 4.90 Å². The first-order valence-electron chi connectivity index (χ1n) is 11.4. The number of hydrogen-bond acceptors (Lipinski definition) is 4. The van der Waals surface area contributed by atoms with Crippen molar-refractivity contribution in [2.24, 2.45) is 0 Å². The number of aryl methyl sites for hydroxylation is 3. The zero-order valence-electron chi connectivity index (χ0n) is 19.4. The molecule has 0 bridgehead atoms. The molecule has 32 heavy (non-hydrogen) atoms. The molecule has 4 rings (SSSR count). The molecule has 0 N–H and O–H groups in total. The molecule has 170 valence electrons. The first-order chi connectivity index (χ1) is 15.4. The standard InChI is InChI=1S/C24H32N6O2/c1-5-27(14-19-13-25-28(6-2)15-19)23(31)21-8-7-11-29-22(21)26-30(24(29)32)16-20-12-17(3)9-10-18(20)4/h9-10,12-13,15,21H,5-8,11,14,16H2,1-4H3. The van der Waals surface area contributed by atoms with E-state index in [0.29, 0.717) is 38.4 Å². The van der Waals surface area contributed by atoms with E-state index in [4.69, 9.17) is 0 Å². The van der Waals surface area contributed by atoms with E-state index in [9.17, 15) is 9.59 Å². The fourth-order valence-corrected chi connectivity index (χ4v) is 4.42. The molecule has 2 aromatic heterocycles. The van der Waals surface area contributed by atoms with Crippen LogP contribution in [0.4, 0.5) is 0 Å². The van der Waals surface area contributed by atoms with Crippen LogP contribution < -0.4 is 5.69 Å². The minimum Gasteiger partial charge on any atom is -0.338 e. The van der Waals surface area contributed by atoms with Gasteiger partial charge in [-0.15, -0.1) is 0 Å². The Labute approximate surface area is 188 Å². The molecule has 8 nitrogen and oxygen atoms in total. The van der Waals surface area contributed by atoms with E-state index in [1.54, 1.807) is 4.57 Å². The highest BCUT2D eigenvalue weighted by Crippen LogP contribution is 2.27. The maximum absolute atomic E-state index is 13.5. The number of carbonyl (C=O) groups excluding carboxylic acids is 1. The largest absolute Gasteiger partial charge is 0.346 e. The van der Waals surface area contributed by atoms with Gasteiger partial charge in [-0.3, -0.25) is 14.0 Å². The van der Waals surface area contributed by atoms with Crippen LogP contribution in [0.3, 0.4) is 0 Å². The van der Waals surface area contributed by atoms with Gasteiger partial charge in [-0.2, -0.15) is 10.2 Å². The summed E-state index contributed by atoms with van der Waals surface area (Å²) in [6, 6.07) is 6.23. The number of hydrogen-bond donors (Lipinski definition) is 0. The molecular formula is C24H32N6O2. The maximum Gasteiger partial charge on any atom is 0.346 e. The summed E-state index contributed by atoms with van der Waals surface area (Å²) < 4.78 is 5.07. The van der Waals surface area contributed by atoms with E-state index in [0.717, 1.165) is 35.2 Å². The van der Waals surface area contributed by atoms with Gasteiger partial charge in [0.2, 0.25) is 5.91 Å². The summed E-state index contributed by atoms with van der Waals surface area (Å²) in [4.78, 5) is 28.4. The van der Waals surface area contributed by atoms with Gasteiger partial charge >= 0.3 is 5.69 Å². The van der Waals surface area contributed by atoms with Gasteiger partial charge in [0.05, 0.1) is 18.7 Å². The third-order valence-electron chi connectivity index (χ3n) is 6.34. The zero-order chi connectivity index (χ0) is 22.8. The highest BCUT2D eigenvalue weighted by Gasteiger charge is 2.34. The van der Waals surface area contributed by atoms with Crippen molar-refractivity contribution in [1.82, 2.24) is 29.0 Å². The number of fused-ring (bicyclic) bond motifs is 1. The summed E-state index contributed by atoms with van der Waals surface area (Å²) in [5.41, 5.74) is 4.24. The van der Waals surface area contributed by atoms with E-state index in [-0.39, 0.29) is 11.6 Å². The van der Waals surface area contributed by atoms with Gasteiger partial charge in [0, 0.05) is 37.9 Å². The number of rotatable bonds is 7. The van der Waals surface area contributed by atoms with Crippen molar-refractivity contribution in [2.75, 3.05) is 6.54 Å². The lowest BCUT2D eigenvalue weighted by atomic mass is 9.97. The lowest BCUT2D eigenvalue weighted by Gasteiger charge is -2.28. The van der Waals surface area contributed by atoms with Crippen molar-refractivity contribution in [3.05, 3.63) is 69.2 Å². The Morgan fingerprint density at radius 2 is 2.06 bits per heavy atom. The second-order valence-corrected chi connectivity index (χ2v) is 8.63. The van der Waals surface area contributed by atoms with Gasteiger partial charge in [-0.25, -0.2) is 9.48 Å². The summed E-state index contributed by atoms with van der Waals surface area (Å²) in [5, 5.41) is 8.98. The number of amides is 1. The maximum atomic E-state index is 13.5. The van der Waals surface area contributed by atoms with Gasteiger partial charge in [-0.1, -0.05) is 23.8 Å². The molecule has 0 saturated carbocycles. The van der Waals surface area contributed by atoms with Crippen LogP contribution in [-0.4, -0.2) is 41.5 Å². The van der Waals surface area contributed by atoms with Crippen molar-refractivity contribution in [2.45, 2.75) is 72.6 Å². The van der Waals surface area contributed by atoms with E-state index >= 15 is 0 Å². The summed E-state index contributed by atoms with van der Waals surface area (Å²) >= 11 is 0. The van der Waals surface area contributed by atoms with Crippen LogP contribution in [0, 0.1) is 13.8 Å². The Morgan fingerprint density at radius 3 is 2.78 bits per heavy atom. The summed E-state index contributed by atoms with van der Waals surface area (Å²) in [6.07, 6.45) is 5.30. The van der Waals surface area contributed by atoms with Gasteiger partial charge in [0.1, 0.15) is 5.82 Å². The molecular weight excluding hydrogens is 404 g/mol. The highest BCUT2D eigenvalue weighted by atomic mass is 16.2. The third kappa shape index (κ3) is 4.26. The molecule has 3 aromatic rings. The van der Waals surface area contributed by atoms with E-state index < -0.39 is 5.92 Å². The summed E-state index contributed by atoms with van der Waals surface area (Å²) in [7, 11) is 0. The van der Waals surface area contributed by atoms with Crippen molar-refractivity contribution < 1.29 is 4.79 Å². The molecule has 0 fully saturated rings. The zero-order valence-corrected chi connectivity index (χ0v) is 19.4. The van der Waals surface area contributed by atoms with Crippen molar-refractivity contribution in [1.29, 1.82) is 0 Å². The molecule has 1 unspecified atom stereocenters. The molecule has 1 aliphatic rings. The van der Waals surface area contributed by atoms with E-state index in [1.165, 1.54) is 4.68 Å². The molecule has 1 aromatic carbocycles. The van der Waals surface area contributed by atoms with Crippen LogP contribution in [-0.2, 0) is 31.0 Å². The normalized spacial score (nSPS) is 15.6. The average molecular weight is 437 g/mol. The molecule has 0 spiro atoms. The lowest BCUT2D eigenvalue weighted by Crippen LogP contribution is -2.38. The van der Waals surface area contributed by atoms with E-state index in [2.05, 4.69) is 28.4 Å². The van der Waals surface area contributed by atoms with Crippen LogP contribution in [0.1, 0.15) is 60.7 Å². The molecule has 1 aliphatic heterocycles. The Bertz CT molecular complexity index is 1170.